The van der Waals surface area contributed by atoms with E-state index in [1.807, 2.05) is 0 Å². The molecule has 1 atom stereocenters. The number of nitrogens with one attached hydrogen (secondary N) is 1. The summed E-state index contributed by atoms with van der Waals surface area (Å²) in [6.07, 6.45) is 5.15. The van der Waals surface area contributed by atoms with Gasteiger partial charge >= 0.3 is 0 Å². The fourth-order valence-corrected chi connectivity index (χ4v) is 3.27. The van der Waals surface area contributed by atoms with Gasteiger partial charge in [-0.2, -0.15) is 0 Å². The molecule has 0 radical (unpaired) electrons. The van der Waals surface area contributed by atoms with Crippen molar-refractivity contribution >= 4 is 0 Å². The first kappa shape index (κ1) is 12.0. The van der Waals surface area contributed by atoms with Crippen LogP contribution in [0.15, 0.2) is 18.2 Å². The summed E-state index contributed by atoms with van der Waals surface area (Å²) in [4.78, 5) is 0. The monoisotopic (exact) mass is 245 g/mol. The summed E-state index contributed by atoms with van der Waals surface area (Å²) >= 11 is 0. The highest BCUT2D eigenvalue weighted by atomic mass is 16.5. The number of ether oxygens (including phenoxy) is 1. The molecule has 0 saturated heterocycles. The molecular formula is C16H23NO. The number of benzene rings is 1. The van der Waals surface area contributed by atoms with Gasteiger partial charge in [-0.1, -0.05) is 18.6 Å². The van der Waals surface area contributed by atoms with Crippen molar-refractivity contribution in [3.8, 4) is 5.75 Å². The molecule has 18 heavy (non-hydrogen) atoms. The number of fused-ring (bicyclic) bond motifs is 1. The molecule has 3 rings (SSSR count). The Balaban J connectivity index is 1.86. The van der Waals surface area contributed by atoms with Gasteiger partial charge in [0.2, 0.25) is 0 Å². The van der Waals surface area contributed by atoms with Crippen LogP contribution in [-0.2, 0) is 6.42 Å². The molecule has 1 aliphatic carbocycles. The summed E-state index contributed by atoms with van der Waals surface area (Å²) in [5, 5.41) is 3.49. The summed E-state index contributed by atoms with van der Waals surface area (Å²) in [6, 6.07) is 7.26. The van der Waals surface area contributed by atoms with Crippen LogP contribution in [0.2, 0.25) is 0 Å². The Morgan fingerprint density at radius 1 is 1.33 bits per heavy atom. The van der Waals surface area contributed by atoms with Crippen LogP contribution >= 0.6 is 0 Å². The highest BCUT2D eigenvalue weighted by Crippen LogP contribution is 2.41. The Morgan fingerprint density at radius 2 is 2.11 bits per heavy atom. The molecule has 1 aromatic carbocycles. The normalized spacial score (nSPS) is 23.1. The van der Waals surface area contributed by atoms with Crippen LogP contribution in [0, 0.1) is 5.92 Å². The van der Waals surface area contributed by atoms with Crippen LogP contribution in [0.4, 0.5) is 0 Å². The van der Waals surface area contributed by atoms with Gasteiger partial charge in [-0.3, -0.25) is 0 Å². The van der Waals surface area contributed by atoms with E-state index < -0.39 is 0 Å². The topological polar surface area (TPSA) is 21.3 Å². The van der Waals surface area contributed by atoms with Crippen LogP contribution in [0.5, 0.6) is 5.75 Å². The Morgan fingerprint density at radius 3 is 2.72 bits per heavy atom. The van der Waals surface area contributed by atoms with Crippen molar-refractivity contribution in [1.29, 1.82) is 0 Å². The molecule has 0 spiro atoms. The average molecular weight is 245 g/mol. The maximum Gasteiger partial charge on any atom is 0.123 e. The lowest BCUT2D eigenvalue weighted by Gasteiger charge is -2.34. The molecule has 2 heteroatoms. The first-order chi connectivity index (χ1) is 8.59. The largest absolute Gasteiger partial charge is 0.487 e. The van der Waals surface area contributed by atoms with Crippen LogP contribution in [0.3, 0.4) is 0 Å². The minimum absolute atomic E-state index is 0.0352. The van der Waals surface area contributed by atoms with E-state index in [2.05, 4.69) is 44.4 Å². The van der Waals surface area contributed by atoms with Crippen molar-refractivity contribution < 1.29 is 4.74 Å². The van der Waals surface area contributed by atoms with Crippen LogP contribution < -0.4 is 10.1 Å². The molecule has 0 amide bonds. The first-order valence-electron chi connectivity index (χ1n) is 7.08. The Labute approximate surface area is 110 Å². The molecule has 1 fully saturated rings. The minimum atomic E-state index is -0.0352. The zero-order chi connectivity index (χ0) is 12.8. The van der Waals surface area contributed by atoms with Crippen LogP contribution in [0.25, 0.3) is 0 Å². The summed E-state index contributed by atoms with van der Waals surface area (Å²) in [7, 11) is 2.08. The average Bonchev–Trinajstić information content (AvgIpc) is 2.55. The maximum atomic E-state index is 5.94. The molecule has 1 unspecified atom stereocenters. The van der Waals surface area contributed by atoms with E-state index in [9.17, 15) is 0 Å². The third-order valence-corrected chi connectivity index (χ3v) is 4.38. The van der Waals surface area contributed by atoms with E-state index in [-0.39, 0.29) is 5.60 Å². The van der Waals surface area contributed by atoms with Gasteiger partial charge in [0.05, 0.1) is 0 Å². The summed E-state index contributed by atoms with van der Waals surface area (Å²) in [5.41, 5.74) is 2.77. The SMILES string of the molecule is CNC(c1ccc2c(c1)CC(C)(C)O2)C1CCC1. The van der Waals surface area contributed by atoms with Crippen molar-refractivity contribution in [2.45, 2.75) is 51.2 Å². The molecular weight excluding hydrogens is 222 g/mol. The summed E-state index contributed by atoms with van der Waals surface area (Å²) in [5.74, 6) is 1.90. The minimum Gasteiger partial charge on any atom is -0.487 e. The van der Waals surface area contributed by atoms with E-state index in [1.54, 1.807) is 0 Å². The molecule has 2 nitrogen and oxygen atoms in total. The lowest BCUT2D eigenvalue weighted by Crippen LogP contribution is -2.29. The van der Waals surface area contributed by atoms with E-state index in [0.29, 0.717) is 6.04 Å². The van der Waals surface area contributed by atoms with E-state index in [1.165, 1.54) is 30.4 Å². The molecule has 1 saturated carbocycles. The second-order valence-corrected chi connectivity index (χ2v) is 6.36. The fraction of sp³-hybridized carbons (Fsp3) is 0.625. The van der Waals surface area contributed by atoms with Gasteiger partial charge in [0.1, 0.15) is 11.4 Å². The number of rotatable bonds is 3. The Bertz CT molecular complexity index is 448. The maximum absolute atomic E-state index is 5.94. The standard InChI is InChI=1S/C16H23NO/c1-16(2)10-13-9-12(7-8-14(13)18-16)15(17-3)11-5-4-6-11/h7-9,11,15,17H,4-6,10H2,1-3H3. The highest BCUT2D eigenvalue weighted by molar-refractivity contribution is 5.42. The Kier molecular flexibility index (Phi) is 2.86. The van der Waals surface area contributed by atoms with Gasteiger partial charge in [0, 0.05) is 12.5 Å². The zero-order valence-electron chi connectivity index (χ0n) is 11.6. The van der Waals surface area contributed by atoms with Crippen molar-refractivity contribution in [2.24, 2.45) is 5.92 Å². The molecule has 0 bridgehead atoms. The molecule has 1 heterocycles. The zero-order valence-corrected chi connectivity index (χ0v) is 11.6. The van der Waals surface area contributed by atoms with Gasteiger partial charge in [-0.15, -0.1) is 0 Å². The fourth-order valence-electron chi connectivity index (χ4n) is 3.27. The predicted octanol–water partition coefficient (Wildman–Crippen LogP) is 3.46. The molecule has 1 N–H and O–H groups in total. The van der Waals surface area contributed by atoms with Gasteiger partial charge in [-0.25, -0.2) is 0 Å². The van der Waals surface area contributed by atoms with Crippen molar-refractivity contribution in [3.05, 3.63) is 29.3 Å². The molecule has 2 aliphatic rings. The van der Waals surface area contributed by atoms with Gasteiger partial charge in [0.25, 0.3) is 0 Å². The van der Waals surface area contributed by atoms with Gasteiger partial charge in [0.15, 0.2) is 0 Å². The van der Waals surface area contributed by atoms with Gasteiger partial charge in [-0.05, 0) is 56.8 Å². The van der Waals surface area contributed by atoms with Crippen molar-refractivity contribution in [3.63, 3.8) is 0 Å². The highest BCUT2D eigenvalue weighted by Gasteiger charge is 2.32. The van der Waals surface area contributed by atoms with Gasteiger partial charge < -0.3 is 10.1 Å². The smallest absolute Gasteiger partial charge is 0.123 e. The second-order valence-electron chi connectivity index (χ2n) is 6.36. The molecule has 98 valence electrons. The third-order valence-electron chi connectivity index (χ3n) is 4.38. The van der Waals surface area contributed by atoms with E-state index in [0.717, 1.165) is 18.1 Å². The van der Waals surface area contributed by atoms with Crippen molar-refractivity contribution in [1.82, 2.24) is 5.32 Å². The summed E-state index contributed by atoms with van der Waals surface area (Å²) in [6.45, 7) is 4.32. The predicted molar refractivity (Wildman–Crippen MR) is 74.0 cm³/mol. The van der Waals surface area contributed by atoms with Crippen LogP contribution in [-0.4, -0.2) is 12.6 Å². The lowest BCUT2D eigenvalue weighted by molar-refractivity contribution is 0.138. The second kappa shape index (κ2) is 4.27. The summed E-state index contributed by atoms with van der Waals surface area (Å²) < 4.78 is 5.94. The van der Waals surface area contributed by atoms with E-state index >= 15 is 0 Å². The molecule has 1 aromatic rings. The lowest BCUT2D eigenvalue weighted by atomic mass is 9.77. The van der Waals surface area contributed by atoms with Crippen LogP contribution in [0.1, 0.15) is 50.3 Å². The number of hydrogen-bond acceptors (Lipinski definition) is 2. The third kappa shape index (κ3) is 2.03. The number of hydrogen-bond donors (Lipinski definition) is 1. The first-order valence-corrected chi connectivity index (χ1v) is 7.08. The Hall–Kier alpha value is -1.02. The quantitative estimate of drug-likeness (QED) is 0.880. The molecule has 0 aromatic heterocycles. The van der Waals surface area contributed by atoms with E-state index in [4.69, 9.17) is 4.74 Å². The molecule has 1 aliphatic heterocycles. The van der Waals surface area contributed by atoms with Crippen molar-refractivity contribution in [2.75, 3.05) is 7.05 Å².